The number of H-pyrrole nitrogens is 1. The highest BCUT2D eigenvalue weighted by molar-refractivity contribution is 8.93. The highest BCUT2D eigenvalue weighted by Crippen LogP contribution is 2.25. The summed E-state index contributed by atoms with van der Waals surface area (Å²) < 4.78 is 0. The maximum atomic E-state index is 4.42. The van der Waals surface area contributed by atoms with Gasteiger partial charge in [-0.25, -0.2) is 0 Å². The first-order valence-electron chi connectivity index (χ1n) is 5.60. The van der Waals surface area contributed by atoms with E-state index in [1.54, 1.807) is 0 Å². The van der Waals surface area contributed by atoms with Crippen molar-refractivity contribution in [3.63, 3.8) is 0 Å². The molecule has 0 atom stereocenters. The third-order valence-electron chi connectivity index (χ3n) is 3.51. The van der Waals surface area contributed by atoms with E-state index in [-0.39, 0.29) is 17.0 Å². The van der Waals surface area contributed by atoms with Crippen molar-refractivity contribution in [2.45, 2.75) is 34.6 Å². The van der Waals surface area contributed by atoms with E-state index >= 15 is 0 Å². The number of hydrogen-bond acceptors (Lipinski definition) is 1. The molecule has 0 radical (unpaired) electrons. The molecule has 0 fully saturated rings. The van der Waals surface area contributed by atoms with Crippen molar-refractivity contribution in [3.05, 3.63) is 39.4 Å². The van der Waals surface area contributed by atoms with E-state index < -0.39 is 0 Å². The van der Waals surface area contributed by atoms with Crippen LogP contribution < -0.4 is 0 Å². The Morgan fingerprint density at radius 3 is 2.12 bits per heavy atom. The van der Waals surface area contributed by atoms with Gasteiger partial charge in [-0.3, -0.25) is 4.99 Å². The molecule has 1 N–H and O–H groups in total. The van der Waals surface area contributed by atoms with Gasteiger partial charge in [-0.05, 0) is 63.0 Å². The lowest BCUT2D eigenvalue weighted by Gasteiger charge is -1.98. The van der Waals surface area contributed by atoms with Crippen molar-refractivity contribution in [1.82, 2.24) is 4.98 Å². The van der Waals surface area contributed by atoms with Crippen molar-refractivity contribution in [2.24, 2.45) is 4.99 Å². The van der Waals surface area contributed by atoms with E-state index in [1.807, 2.05) is 6.21 Å². The van der Waals surface area contributed by atoms with Gasteiger partial charge in [0.15, 0.2) is 0 Å². The first kappa shape index (κ1) is 14.0. The molecule has 3 heteroatoms. The molecule has 92 valence electrons. The van der Waals surface area contributed by atoms with Crippen LogP contribution in [0.4, 0.5) is 0 Å². The molecule has 1 aliphatic rings. The van der Waals surface area contributed by atoms with Crippen molar-refractivity contribution in [3.8, 4) is 0 Å². The Labute approximate surface area is 113 Å². The standard InChI is InChI=1S/C14H18N2.BrH/c1-8-7-15-13(9(8)2)6-14-11(4)10(3)12(5)16-14;/h6-7,16H,1-5H3;1H/b13-6-;. The minimum atomic E-state index is 0. The molecular formula is C14H19BrN2. The zero-order valence-electron chi connectivity index (χ0n) is 11.0. The number of nitrogens with one attached hydrogen (secondary N) is 1. The highest BCUT2D eigenvalue weighted by atomic mass is 79.9. The summed E-state index contributed by atoms with van der Waals surface area (Å²) in [6.07, 6.45) is 4.07. The smallest absolute Gasteiger partial charge is 0.0682 e. The Morgan fingerprint density at radius 1 is 1.06 bits per heavy atom. The second kappa shape index (κ2) is 5.05. The Hall–Kier alpha value is -1.09. The number of rotatable bonds is 1. The first-order valence-corrected chi connectivity index (χ1v) is 5.60. The number of aromatic amines is 1. The average molecular weight is 295 g/mol. The predicted molar refractivity (Wildman–Crippen MR) is 80.2 cm³/mol. The highest BCUT2D eigenvalue weighted by Gasteiger charge is 2.11. The molecule has 17 heavy (non-hydrogen) atoms. The lowest BCUT2D eigenvalue weighted by molar-refractivity contribution is 1.21. The van der Waals surface area contributed by atoms with Crippen LogP contribution in [0.1, 0.15) is 36.4 Å². The summed E-state index contributed by atoms with van der Waals surface area (Å²) >= 11 is 0. The van der Waals surface area contributed by atoms with Gasteiger partial charge in [0.25, 0.3) is 0 Å². The van der Waals surface area contributed by atoms with Crippen LogP contribution in [0.15, 0.2) is 21.8 Å². The van der Waals surface area contributed by atoms with Crippen LogP contribution in [-0.2, 0) is 0 Å². The van der Waals surface area contributed by atoms with Crippen LogP contribution >= 0.6 is 17.0 Å². The van der Waals surface area contributed by atoms with Gasteiger partial charge < -0.3 is 4.98 Å². The normalized spacial score (nSPS) is 16.9. The van der Waals surface area contributed by atoms with Crippen LogP contribution in [0.5, 0.6) is 0 Å². The summed E-state index contributed by atoms with van der Waals surface area (Å²) in [4.78, 5) is 7.82. The molecule has 0 aromatic carbocycles. The van der Waals surface area contributed by atoms with E-state index in [0.717, 1.165) is 5.70 Å². The molecule has 0 spiro atoms. The second-order valence-electron chi connectivity index (χ2n) is 4.51. The monoisotopic (exact) mass is 294 g/mol. The SMILES string of the molecule is Br.CC1=C(C)/C(=C/c2[nH]c(C)c(C)c2C)N=C1. The Morgan fingerprint density at radius 2 is 1.71 bits per heavy atom. The topological polar surface area (TPSA) is 28.1 Å². The van der Waals surface area contributed by atoms with Crippen LogP contribution in [0.2, 0.25) is 0 Å². The summed E-state index contributed by atoms with van der Waals surface area (Å²) in [6.45, 7) is 10.6. The van der Waals surface area contributed by atoms with Gasteiger partial charge in [-0.2, -0.15) is 0 Å². The fraction of sp³-hybridized carbons (Fsp3) is 0.357. The number of halogens is 1. The van der Waals surface area contributed by atoms with Gasteiger partial charge in [-0.15, -0.1) is 17.0 Å². The lowest BCUT2D eigenvalue weighted by Crippen LogP contribution is -1.82. The predicted octanol–water partition coefficient (Wildman–Crippen LogP) is 4.28. The Balaban J connectivity index is 0.00000144. The van der Waals surface area contributed by atoms with Crippen molar-refractivity contribution < 1.29 is 0 Å². The number of allylic oxidation sites excluding steroid dienone is 2. The van der Waals surface area contributed by atoms with Gasteiger partial charge in [0.1, 0.15) is 0 Å². The molecule has 1 aromatic heterocycles. The van der Waals surface area contributed by atoms with Crippen LogP contribution in [0, 0.1) is 20.8 Å². The molecule has 2 heterocycles. The third-order valence-corrected chi connectivity index (χ3v) is 3.51. The number of hydrogen-bond donors (Lipinski definition) is 1. The van der Waals surface area contributed by atoms with Crippen molar-refractivity contribution in [1.29, 1.82) is 0 Å². The van der Waals surface area contributed by atoms with Gasteiger partial charge in [-0.1, -0.05) is 0 Å². The molecule has 0 aliphatic carbocycles. The fourth-order valence-electron chi connectivity index (χ4n) is 1.86. The number of aromatic nitrogens is 1. The minimum Gasteiger partial charge on any atom is -0.359 e. The second-order valence-corrected chi connectivity index (χ2v) is 4.51. The molecule has 0 amide bonds. The Bertz CT molecular complexity index is 531. The minimum absolute atomic E-state index is 0. The number of aryl methyl sites for hydroxylation is 1. The van der Waals surface area contributed by atoms with Gasteiger partial charge in [0.2, 0.25) is 0 Å². The third kappa shape index (κ3) is 2.44. The maximum absolute atomic E-state index is 4.42. The van der Waals surface area contributed by atoms with Crippen LogP contribution in [0.3, 0.4) is 0 Å². The van der Waals surface area contributed by atoms with Crippen molar-refractivity contribution in [2.75, 3.05) is 0 Å². The summed E-state index contributed by atoms with van der Waals surface area (Å²) in [5, 5.41) is 0. The molecule has 0 saturated carbocycles. The van der Waals surface area contributed by atoms with E-state index in [2.05, 4.69) is 50.7 Å². The van der Waals surface area contributed by atoms with E-state index in [1.165, 1.54) is 33.7 Å². The average Bonchev–Trinajstić information content (AvgIpc) is 2.68. The molecule has 0 bridgehead atoms. The molecule has 1 aliphatic heterocycles. The lowest BCUT2D eigenvalue weighted by atomic mass is 10.1. The quantitative estimate of drug-likeness (QED) is 0.801. The molecule has 2 nitrogen and oxygen atoms in total. The number of nitrogens with zero attached hydrogens (tertiary/aromatic N) is 1. The maximum Gasteiger partial charge on any atom is 0.0682 e. The molecule has 0 saturated heterocycles. The first-order chi connectivity index (χ1) is 7.50. The van der Waals surface area contributed by atoms with Gasteiger partial charge in [0, 0.05) is 17.6 Å². The van der Waals surface area contributed by atoms with Crippen LogP contribution in [0.25, 0.3) is 6.08 Å². The molecular weight excluding hydrogens is 276 g/mol. The summed E-state index contributed by atoms with van der Waals surface area (Å²) in [6, 6.07) is 0. The molecule has 1 aromatic rings. The molecule has 0 unspecified atom stereocenters. The van der Waals surface area contributed by atoms with Gasteiger partial charge in [0.05, 0.1) is 5.70 Å². The largest absolute Gasteiger partial charge is 0.359 e. The zero-order chi connectivity index (χ0) is 11.9. The summed E-state index contributed by atoms with van der Waals surface area (Å²) in [7, 11) is 0. The number of aliphatic imine (C=N–C) groups is 1. The summed E-state index contributed by atoms with van der Waals surface area (Å²) in [5.74, 6) is 0. The molecule has 2 rings (SSSR count). The van der Waals surface area contributed by atoms with Crippen LogP contribution in [-0.4, -0.2) is 11.2 Å². The zero-order valence-corrected chi connectivity index (χ0v) is 12.7. The fourth-order valence-corrected chi connectivity index (χ4v) is 1.86. The Kier molecular flexibility index (Phi) is 4.15. The van der Waals surface area contributed by atoms with Gasteiger partial charge >= 0.3 is 0 Å². The van der Waals surface area contributed by atoms with E-state index in [9.17, 15) is 0 Å². The van der Waals surface area contributed by atoms with E-state index in [4.69, 9.17) is 0 Å². The summed E-state index contributed by atoms with van der Waals surface area (Å²) in [5.41, 5.74) is 8.67. The van der Waals surface area contributed by atoms with Crippen molar-refractivity contribution >= 4 is 29.3 Å². The van der Waals surface area contributed by atoms with E-state index in [0.29, 0.717) is 0 Å².